The van der Waals surface area contributed by atoms with Crippen molar-refractivity contribution in [3.8, 4) is 11.4 Å². The molecule has 0 aliphatic rings. The first-order chi connectivity index (χ1) is 13.0. The molecule has 0 aromatic carbocycles. The number of carbonyl (C=O) groups excluding carboxylic acids is 1. The molecule has 0 atom stereocenters. The van der Waals surface area contributed by atoms with E-state index in [9.17, 15) is 31.2 Å². The van der Waals surface area contributed by atoms with Gasteiger partial charge < -0.3 is 0 Å². The minimum Gasteiger partial charge on any atom is -0.298 e. The number of hydrogen-bond acceptors (Lipinski definition) is 6. The van der Waals surface area contributed by atoms with Crippen LogP contribution < -0.4 is 5.69 Å². The summed E-state index contributed by atoms with van der Waals surface area (Å²) in [5.41, 5.74) is -2.78. The zero-order valence-electron chi connectivity index (χ0n) is 14.6. The predicted molar refractivity (Wildman–Crippen MR) is 91.8 cm³/mol. The standard InChI is InChI=1S/C16H13F3N4O4S/c1-3-28(26,27)11-4-9(8-24)6-20-14(11)10-7-23-13(21-10)5-12(16(17,18)19)22(2)15(23)25/h4-8H,3H2,1-2H3. The van der Waals surface area contributed by atoms with E-state index >= 15 is 0 Å². The summed E-state index contributed by atoms with van der Waals surface area (Å²) in [5, 5.41) is 0. The lowest BCUT2D eigenvalue weighted by atomic mass is 10.2. The largest absolute Gasteiger partial charge is 0.431 e. The van der Waals surface area contributed by atoms with Gasteiger partial charge in [0.25, 0.3) is 0 Å². The Bertz CT molecular complexity index is 1260. The average molecular weight is 414 g/mol. The Morgan fingerprint density at radius 2 is 1.93 bits per heavy atom. The number of aromatic nitrogens is 4. The topological polar surface area (TPSA) is 103 Å². The van der Waals surface area contributed by atoms with Crippen LogP contribution in [0.15, 0.2) is 34.2 Å². The van der Waals surface area contributed by atoms with Crippen LogP contribution in [0.2, 0.25) is 0 Å². The van der Waals surface area contributed by atoms with Crippen LogP contribution in [0.25, 0.3) is 17.0 Å². The number of carbonyl (C=O) groups is 1. The summed E-state index contributed by atoms with van der Waals surface area (Å²) in [6.45, 7) is 1.39. The van der Waals surface area contributed by atoms with E-state index < -0.39 is 27.4 Å². The lowest BCUT2D eigenvalue weighted by molar-refractivity contribution is -0.143. The average Bonchev–Trinajstić information content (AvgIpc) is 3.07. The third kappa shape index (κ3) is 3.19. The molecule has 28 heavy (non-hydrogen) atoms. The van der Waals surface area contributed by atoms with Crippen molar-refractivity contribution in [2.24, 2.45) is 7.05 Å². The smallest absolute Gasteiger partial charge is 0.298 e. The van der Waals surface area contributed by atoms with E-state index in [0.29, 0.717) is 16.9 Å². The first-order valence-electron chi connectivity index (χ1n) is 7.84. The van der Waals surface area contributed by atoms with Crippen LogP contribution in [0.4, 0.5) is 13.2 Å². The fourth-order valence-corrected chi connectivity index (χ4v) is 3.71. The third-order valence-electron chi connectivity index (χ3n) is 4.11. The van der Waals surface area contributed by atoms with Gasteiger partial charge in [-0.2, -0.15) is 13.2 Å². The molecule has 3 aromatic heterocycles. The van der Waals surface area contributed by atoms with Gasteiger partial charge in [0.15, 0.2) is 16.1 Å². The number of alkyl halides is 3. The van der Waals surface area contributed by atoms with Crippen LogP contribution >= 0.6 is 0 Å². The van der Waals surface area contributed by atoms with Gasteiger partial charge >= 0.3 is 11.9 Å². The highest BCUT2D eigenvalue weighted by atomic mass is 32.2. The monoisotopic (exact) mass is 414 g/mol. The van der Waals surface area contributed by atoms with Crippen molar-refractivity contribution < 1.29 is 26.4 Å². The van der Waals surface area contributed by atoms with E-state index in [0.717, 1.165) is 29.9 Å². The molecular weight excluding hydrogens is 401 g/mol. The van der Waals surface area contributed by atoms with Gasteiger partial charge in [0.05, 0.1) is 10.6 Å². The van der Waals surface area contributed by atoms with Gasteiger partial charge in [-0.3, -0.25) is 18.7 Å². The first kappa shape index (κ1) is 19.7. The molecule has 3 aromatic rings. The van der Waals surface area contributed by atoms with Gasteiger partial charge in [-0.05, 0) is 6.07 Å². The van der Waals surface area contributed by atoms with Crippen LogP contribution in [-0.4, -0.2) is 39.4 Å². The molecular formula is C16H13F3N4O4S. The summed E-state index contributed by atoms with van der Waals surface area (Å²) in [6, 6.07) is 1.79. The summed E-state index contributed by atoms with van der Waals surface area (Å²) in [4.78, 5) is 30.8. The summed E-state index contributed by atoms with van der Waals surface area (Å²) >= 11 is 0. The summed E-state index contributed by atoms with van der Waals surface area (Å²) in [7, 11) is -2.86. The fraction of sp³-hybridized carbons (Fsp3) is 0.250. The summed E-state index contributed by atoms with van der Waals surface area (Å²) < 4.78 is 65.4. The molecule has 0 bridgehead atoms. The minimum absolute atomic E-state index is 0.00908. The molecule has 0 aliphatic heterocycles. The number of nitrogens with zero attached hydrogens (tertiary/aromatic N) is 4. The second kappa shape index (κ2) is 6.55. The second-order valence-corrected chi connectivity index (χ2v) is 8.11. The maximum Gasteiger partial charge on any atom is 0.431 e. The highest BCUT2D eigenvalue weighted by Crippen LogP contribution is 2.30. The number of rotatable bonds is 4. The number of sulfone groups is 1. The maximum absolute atomic E-state index is 13.1. The number of halogens is 3. The lowest BCUT2D eigenvalue weighted by Crippen LogP contribution is -2.29. The molecule has 8 nitrogen and oxygen atoms in total. The molecule has 0 fully saturated rings. The quantitative estimate of drug-likeness (QED) is 0.603. The Hall–Kier alpha value is -3.02. The fourth-order valence-electron chi connectivity index (χ4n) is 2.63. The van der Waals surface area contributed by atoms with Crippen LogP contribution in [0.5, 0.6) is 0 Å². The molecule has 0 radical (unpaired) electrons. The molecule has 0 amide bonds. The van der Waals surface area contributed by atoms with Gasteiger partial charge in [0.2, 0.25) is 0 Å². The van der Waals surface area contributed by atoms with Crippen molar-refractivity contribution in [2.45, 2.75) is 18.0 Å². The van der Waals surface area contributed by atoms with E-state index in [2.05, 4.69) is 9.97 Å². The van der Waals surface area contributed by atoms with Crippen molar-refractivity contribution in [1.29, 1.82) is 0 Å². The molecule has 12 heteroatoms. The Balaban J connectivity index is 2.33. The zero-order chi connectivity index (χ0) is 20.9. The van der Waals surface area contributed by atoms with Crippen LogP contribution in [0.1, 0.15) is 23.0 Å². The third-order valence-corrected chi connectivity index (χ3v) is 5.85. The van der Waals surface area contributed by atoms with E-state index in [1.807, 2.05) is 0 Å². The van der Waals surface area contributed by atoms with E-state index in [-0.39, 0.29) is 33.2 Å². The predicted octanol–water partition coefficient (Wildman–Crippen LogP) is 1.72. The number of imidazole rings is 1. The molecule has 0 saturated carbocycles. The van der Waals surface area contributed by atoms with Gasteiger partial charge in [-0.1, -0.05) is 6.92 Å². The Morgan fingerprint density at radius 1 is 1.25 bits per heavy atom. The summed E-state index contributed by atoms with van der Waals surface area (Å²) in [6.07, 6.45) is -2.14. The SMILES string of the molecule is CCS(=O)(=O)c1cc(C=O)cnc1-c1cn2c(=O)n(C)c(C(F)(F)F)cc2n1. The number of hydrogen-bond donors (Lipinski definition) is 0. The molecule has 0 aliphatic carbocycles. The number of fused-ring (bicyclic) bond motifs is 1. The first-order valence-corrected chi connectivity index (χ1v) is 9.49. The Labute approximate surface area is 156 Å². The van der Waals surface area contributed by atoms with Crippen molar-refractivity contribution in [2.75, 3.05) is 5.75 Å². The lowest BCUT2D eigenvalue weighted by Gasteiger charge is -2.11. The van der Waals surface area contributed by atoms with Crippen molar-refractivity contribution in [1.82, 2.24) is 18.9 Å². The summed E-state index contributed by atoms with van der Waals surface area (Å²) in [5.74, 6) is -0.294. The number of pyridine rings is 1. The van der Waals surface area contributed by atoms with E-state index in [4.69, 9.17) is 0 Å². The normalized spacial score (nSPS) is 12.5. The highest BCUT2D eigenvalue weighted by molar-refractivity contribution is 7.91. The Kier molecular flexibility index (Phi) is 4.61. The molecule has 0 spiro atoms. The molecule has 0 unspecified atom stereocenters. The molecule has 0 N–H and O–H groups in total. The minimum atomic E-state index is -4.78. The van der Waals surface area contributed by atoms with Crippen LogP contribution in [-0.2, 0) is 23.1 Å². The highest BCUT2D eigenvalue weighted by Gasteiger charge is 2.35. The zero-order valence-corrected chi connectivity index (χ0v) is 15.4. The molecule has 0 saturated heterocycles. The van der Waals surface area contributed by atoms with Crippen LogP contribution in [0, 0.1) is 0 Å². The van der Waals surface area contributed by atoms with Crippen molar-refractivity contribution in [3.63, 3.8) is 0 Å². The van der Waals surface area contributed by atoms with Crippen molar-refractivity contribution >= 4 is 21.8 Å². The Morgan fingerprint density at radius 3 is 2.50 bits per heavy atom. The molecule has 3 heterocycles. The van der Waals surface area contributed by atoms with Gasteiger partial charge in [0, 0.05) is 31.1 Å². The molecule has 148 valence electrons. The van der Waals surface area contributed by atoms with Gasteiger partial charge in [0.1, 0.15) is 22.7 Å². The van der Waals surface area contributed by atoms with Gasteiger partial charge in [-0.25, -0.2) is 18.2 Å². The number of aldehydes is 1. The van der Waals surface area contributed by atoms with Crippen molar-refractivity contribution in [3.05, 3.63) is 46.3 Å². The van der Waals surface area contributed by atoms with E-state index in [1.165, 1.54) is 6.92 Å². The second-order valence-electron chi connectivity index (χ2n) is 5.86. The maximum atomic E-state index is 13.1. The molecule has 3 rings (SSSR count). The van der Waals surface area contributed by atoms with Crippen LogP contribution in [0.3, 0.4) is 0 Å². The van der Waals surface area contributed by atoms with Gasteiger partial charge in [-0.15, -0.1) is 0 Å². The van der Waals surface area contributed by atoms with E-state index in [1.54, 1.807) is 0 Å².